The van der Waals surface area contributed by atoms with E-state index in [1.807, 2.05) is 11.6 Å². The highest BCUT2D eigenvalue weighted by molar-refractivity contribution is 7.93. The zero-order valence-corrected chi connectivity index (χ0v) is 22.0. The van der Waals surface area contributed by atoms with Gasteiger partial charge in [-0.2, -0.15) is 8.42 Å². The van der Waals surface area contributed by atoms with Crippen molar-refractivity contribution in [2.75, 3.05) is 35.5 Å². The van der Waals surface area contributed by atoms with Crippen molar-refractivity contribution in [1.29, 1.82) is 0 Å². The van der Waals surface area contributed by atoms with E-state index in [1.165, 1.54) is 12.1 Å². The van der Waals surface area contributed by atoms with Gasteiger partial charge in [0.05, 0.1) is 25.6 Å². The molecule has 1 saturated heterocycles. The highest BCUT2D eigenvalue weighted by Gasteiger charge is 2.36. The van der Waals surface area contributed by atoms with Crippen LogP contribution in [0.5, 0.6) is 5.75 Å². The van der Waals surface area contributed by atoms with Gasteiger partial charge in [0.2, 0.25) is 10.0 Å². The first kappa shape index (κ1) is 27.7. The highest BCUT2D eigenvalue weighted by Crippen LogP contribution is 2.35. The van der Waals surface area contributed by atoms with Gasteiger partial charge in [0.1, 0.15) is 6.54 Å². The first-order chi connectivity index (χ1) is 17.2. The zero-order chi connectivity index (χ0) is 27.5. The summed E-state index contributed by atoms with van der Waals surface area (Å²) in [6.07, 6.45) is -0.989. The molecule has 1 fully saturated rings. The molecule has 0 aliphatic carbocycles. The third-order valence-corrected chi connectivity index (χ3v) is 7.74. The Morgan fingerprint density at radius 1 is 1.11 bits per heavy atom. The van der Waals surface area contributed by atoms with Gasteiger partial charge in [0.15, 0.2) is 11.5 Å². The number of esters is 1. The molecule has 2 N–H and O–H groups in total. The summed E-state index contributed by atoms with van der Waals surface area (Å²) in [5.41, 5.74) is 2.65. The molecule has 2 aromatic carbocycles. The second kappa shape index (κ2) is 10.6. The minimum absolute atomic E-state index is 0.0769. The number of hydrogen-bond acceptors (Lipinski definition) is 10. The fourth-order valence-electron chi connectivity index (χ4n) is 3.72. The summed E-state index contributed by atoms with van der Waals surface area (Å²) in [5, 5.41) is 0. The molecule has 37 heavy (non-hydrogen) atoms. The van der Waals surface area contributed by atoms with E-state index < -0.39 is 50.6 Å². The molecule has 13 nitrogen and oxygen atoms in total. The quantitative estimate of drug-likeness (QED) is 0.355. The van der Waals surface area contributed by atoms with Crippen LogP contribution in [0.15, 0.2) is 30.3 Å². The first-order valence-corrected chi connectivity index (χ1v) is 13.7. The second-order valence-corrected chi connectivity index (χ2v) is 11.4. The number of anilines is 2. The van der Waals surface area contributed by atoms with E-state index >= 15 is 0 Å². The molecule has 200 valence electrons. The van der Waals surface area contributed by atoms with Crippen LogP contribution in [0.3, 0.4) is 0 Å². The van der Waals surface area contributed by atoms with Crippen LogP contribution in [0, 0.1) is 13.8 Å². The summed E-state index contributed by atoms with van der Waals surface area (Å²) >= 11 is 0. The van der Waals surface area contributed by atoms with Crippen LogP contribution < -0.4 is 18.5 Å². The average molecular weight is 556 g/mol. The lowest BCUT2D eigenvalue weighted by Gasteiger charge is -2.20. The molecule has 0 unspecified atom stereocenters. The molecule has 1 heterocycles. The zero-order valence-electron chi connectivity index (χ0n) is 20.4. The Morgan fingerprint density at radius 2 is 1.81 bits per heavy atom. The molecular formula is C22H25N3O10S2. The topological polar surface area (TPSA) is 174 Å². The van der Waals surface area contributed by atoms with E-state index in [0.717, 1.165) is 24.1 Å². The van der Waals surface area contributed by atoms with E-state index in [2.05, 4.69) is 14.2 Å². The van der Waals surface area contributed by atoms with Crippen LogP contribution in [0.1, 0.15) is 22.3 Å². The summed E-state index contributed by atoms with van der Waals surface area (Å²) < 4.78 is 68.8. The van der Waals surface area contributed by atoms with Gasteiger partial charge in [0, 0.05) is 0 Å². The normalized spacial score (nSPS) is 14.6. The molecule has 3 rings (SSSR count). The number of aryl methyl sites for hydroxylation is 2. The number of carbonyl (C=O) groups is 3. The molecule has 0 radical (unpaired) electrons. The van der Waals surface area contributed by atoms with Gasteiger partial charge in [-0.15, -0.1) is 0 Å². The van der Waals surface area contributed by atoms with Crippen molar-refractivity contribution in [1.82, 2.24) is 4.72 Å². The van der Waals surface area contributed by atoms with E-state index in [4.69, 9.17) is 4.74 Å². The molecular weight excluding hydrogens is 530 g/mol. The largest absolute Gasteiger partial charge is 0.513 e. The Bertz CT molecular complexity index is 1470. The number of carbonyl (C=O) groups excluding carboxylic acids is 3. The fourth-order valence-corrected chi connectivity index (χ4v) is 5.98. The predicted molar refractivity (Wildman–Crippen MR) is 132 cm³/mol. The van der Waals surface area contributed by atoms with E-state index in [9.17, 15) is 31.2 Å². The Morgan fingerprint density at radius 3 is 2.41 bits per heavy atom. The van der Waals surface area contributed by atoms with Gasteiger partial charge < -0.3 is 14.2 Å². The fraction of sp³-hybridized carbons (Fsp3) is 0.318. The van der Waals surface area contributed by atoms with Crippen LogP contribution >= 0.6 is 0 Å². The SMILES string of the molecule is COC(=O)CS(=O)(=O)Nc1c(C)cc(C)cc1Cc1ccc(N2CC(=O)NS2(=O)=O)c(OC(=O)OC)c1. The Labute approximate surface area is 213 Å². The standard InChI is InChI=1S/C22H25N3O10S2/c1-13-7-14(2)21(24-36(29,30)12-20(27)33-3)16(8-13)9-15-5-6-17(18(10-15)35-22(28)34-4)25-11-19(26)23-37(25,31)32/h5-8,10,24H,9,11-12H2,1-4H3,(H,23,26). The number of methoxy groups -OCH3 is 2. The average Bonchev–Trinajstić information content (AvgIpc) is 3.07. The van der Waals surface area contributed by atoms with Crippen molar-refractivity contribution >= 4 is 49.6 Å². The number of nitrogens with one attached hydrogen (secondary N) is 2. The third-order valence-electron chi connectivity index (χ3n) is 5.22. The van der Waals surface area contributed by atoms with Crippen LogP contribution in [0.2, 0.25) is 0 Å². The van der Waals surface area contributed by atoms with Gasteiger partial charge >= 0.3 is 22.3 Å². The third kappa shape index (κ3) is 6.68. The molecule has 0 atom stereocenters. The maximum absolute atomic E-state index is 12.5. The van der Waals surface area contributed by atoms with E-state index in [0.29, 0.717) is 16.7 Å². The van der Waals surface area contributed by atoms with Crippen molar-refractivity contribution < 1.29 is 45.4 Å². The van der Waals surface area contributed by atoms with E-state index in [-0.39, 0.29) is 23.5 Å². The Hall–Kier alpha value is -3.85. The molecule has 1 aliphatic rings. The second-order valence-electron chi connectivity index (χ2n) is 8.13. The summed E-state index contributed by atoms with van der Waals surface area (Å²) in [6.45, 7) is 3.01. The molecule has 0 aromatic heterocycles. The van der Waals surface area contributed by atoms with Gasteiger partial charge in [-0.3, -0.25) is 14.3 Å². The molecule has 1 amide bonds. The van der Waals surface area contributed by atoms with Gasteiger partial charge in [-0.25, -0.2) is 22.2 Å². The van der Waals surface area contributed by atoms with Crippen LogP contribution in [0.25, 0.3) is 0 Å². The summed E-state index contributed by atoms with van der Waals surface area (Å²) in [7, 11) is -6.12. The van der Waals surface area contributed by atoms with Crippen molar-refractivity contribution in [3.8, 4) is 5.75 Å². The van der Waals surface area contributed by atoms with Gasteiger partial charge in [0.25, 0.3) is 5.91 Å². The number of amides is 1. The van der Waals surface area contributed by atoms with Gasteiger partial charge in [-0.05, 0) is 49.1 Å². The van der Waals surface area contributed by atoms with Crippen LogP contribution in [-0.2, 0) is 45.7 Å². The maximum atomic E-state index is 12.5. The smallest absolute Gasteiger partial charge is 0.468 e. The summed E-state index contributed by atoms with van der Waals surface area (Å²) in [4.78, 5) is 35.1. The molecule has 15 heteroatoms. The van der Waals surface area contributed by atoms with E-state index in [1.54, 1.807) is 25.1 Å². The van der Waals surface area contributed by atoms with Crippen LogP contribution in [0.4, 0.5) is 16.2 Å². The van der Waals surface area contributed by atoms with Crippen molar-refractivity contribution in [2.24, 2.45) is 0 Å². The number of hydrogen-bond donors (Lipinski definition) is 2. The monoisotopic (exact) mass is 555 g/mol. The van der Waals surface area contributed by atoms with Crippen molar-refractivity contribution in [2.45, 2.75) is 20.3 Å². The van der Waals surface area contributed by atoms with Crippen molar-refractivity contribution in [3.63, 3.8) is 0 Å². The predicted octanol–water partition coefficient (Wildman–Crippen LogP) is 1.14. The van der Waals surface area contributed by atoms with Crippen molar-refractivity contribution in [3.05, 3.63) is 52.6 Å². The molecule has 0 saturated carbocycles. The minimum Gasteiger partial charge on any atom is -0.468 e. The van der Waals surface area contributed by atoms with Gasteiger partial charge in [-0.1, -0.05) is 23.8 Å². The maximum Gasteiger partial charge on any atom is 0.513 e. The lowest BCUT2D eigenvalue weighted by molar-refractivity contribution is -0.137. The number of ether oxygens (including phenoxy) is 3. The molecule has 0 bridgehead atoms. The molecule has 0 spiro atoms. The molecule has 1 aliphatic heterocycles. The lowest BCUT2D eigenvalue weighted by Crippen LogP contribution is -2.30. The molecule has 2 aromatic rings. The number of rotatable bonds is 8. The summed E-state index contributed by atoms with van der Waals surface area (Å²) in [6, 6.07) is 7.79. The Kier molecular flexibility index (Phi) is 7.97. The van der Waals surface area contributed by atoms with Crippen LogP contribution in [-0.4, -0.2) is 61.4 Å². The Balaban J connectivity index is 2.03. The number of nitrogens with zero attached hydrogens (tertiary/aromatic N) is 1. The minimum atomic E-state index is -4.19. The first-order valence-electron chi connectivity index (χ1n) is 10.6. The lowest BCUT2D eigenvalue weighted by atomic mass is 9.98. The number of benzene rings is 2. The summed E-state index contributed by atoms with van der Waals surface area (Å²) in [5.74, 6) is -2.75. The number of sulfonamides is 1. The highest BCUT2D eigenvalue weighted by atomic mass is 32.2.